The minimum atomic E-state index is -2.06. The highest BCUT2D eigenvalue weighted by Crippen LogP contribution is 2.52. The third kappa shape index (κ3) is 3.81. The Bertz CT molecular complexity index is 1300. The Labute approximate surface area is 218 Å². The van der Waals surface area contributed by atoms with E-state index in [-0.39, 0.29) is 23.7 Å². The van der Waals surface area contributed by atoms with E-state index in [2.05, 4.69) is 24.5 Å². The number of nitrogens with zero attached hydrogens (tertiary/aromatic N) is 2. The number of carbonyl (C=O) groups excluding carboxylic acids is 3. The number of nitrogens with two attached hydrogens (primary N) is 1. The van der Waals surface area contributed by atoms with E-state index < -0.39 is 34.5 Å². The van der Waals surface area contributed by atoms with Gasteiger partial charge in [0.25, 0.3) is 5.91 Å². The van der Waals surface area contributed by atoms with Gasteiger partial charge in [-0.2, -0.15) is 0 Å². The van der Waals surface area contributed by atoms with Gasteiger partial charge in [-0.3, -0.25) is 14.4 Å². The molecule has 0 unspecified atom stereocenters. The van der Waals surface area contributed by atoms with Crippen molar-refractivity contribution in [2.24, 2.45) is 17.6 Å². The Morgan fingerprint density at radius 1 is 1.22 bits per heavy atom. The van der Waals surface area contributed by atoms with Crippen LogP contribution in [0.3, 0.4) is 0 Å². The Morgan fingerprint density at radius 3 is 2.43 bits per heavy atom. The standard InChI is InChI=1S/C29H37N3O5/c1-8-9-32(7)16(4)19-13-21(31(5)6)20-11-17-10-18-12-22(33)25(28(30)36)27(35)29(18,37)15(3)24(17)26(34)23(20)14(19)2/h13,17-18,33,37H,4,8-12H2,1-3,5-7H3,(H2,30,36)/t17-,18+,29-/m1/s1. The van der Waals surface area contributed by atoms with Crippen LogP contribution in [0.1, 0.15) is 60.2 Å². The topological polar surface area (TPSA) is 124 Å². The van der Waals surface area contributed by atoms with Gasteiger partial charge in [0, 0.05) is 68.1 Å². The Kier molecular flexibility index (Phi) is 6.61. The summed E-state index contributed by atoms with van der Waals surface area (Å²) < 4.78 is 0. The SMILES string of the molecule is C=C(c1cc(N(C)C)c2c(c1C)C(=O)C1=C(C)[C@]3(O)C(=O)C(C(N)=O)=C(O)C[C@@H]3C[C@@H]1C2)N(C)CCC. The lowest BCUT2D eigenvalue weighted by Crippen LogP contribution is -2.56. The van der Waals surface area contributed by atoms with Crippen LogP contribution in [0, 0.1) is 18.8 Å². The number of amides is 1. The van der Waals surface area contributed by atoms with Crippen LogP contribution in [-0.4, -0.2) is 65.9 Å². The van der Waals surface area contributed by atoms with Crippen LogP contribution in [0.2, 0.25) is 0 Å². The van der Waals surface area contributed by atoms with E-state index in [1.807, 2.05) is 33.0 Å². The first-order valence-electron chi connectivity index (χ1n) is 12.8. The molecule has 3 atom stereocenters. The third-order valence-electron chi connectivity index (χ3n) is 8.50. The van der Waals surface area contributed by atoms with Crippen molar-refractivity contribution in [1.82, 2.24) is 4.90 Å². The number of hydrogen-bond donors (Lipinski definition) is 3. The molecule has 0 radical (unpaired) electrons. The fourth-order valence-corrected chi connectivity index (χ4v) is 6.58. The molecule has 0 aromatic heterocycles. The molecule has 4 rings (SSSR count). The van der Waals surface area contributed by atoms with E-state index in [9.17, 15) is 24.6 Å². The van der Waals surface area contributed by atoms with Gasteiger partial charge in [-0.05, 0) is 61.8 Å². The number of aliphatic hydroxyl groups is 2. The molecule has 0 bridgehead atoms. The molecule has 4 N–H and O–H groups in total. The summed E-state index contributed by atoms with van der Waals surface area (Å²) in [6.45, 7) is 10.7. The quantitative estimate of drug-likeness (QED) is 0.506. The number of benzene rings is 1. The van der Waals surface area contributed by atoms with Gasteiger partial charge in [0.1, 0.15) is 11.3 Å². The zero-order chi connectivity index (χ0) is 27.6. The van der Waals surface area contributed by atoms with Crippen LogP contribution < -0.4 is 10.6 Å². The van der Waals surface area contributed by atoms with Crippen molar-refractivity contribution in [3.05, 3.63) is 57.4 Å². The number of allylic oxidation sites excluding steroid dienone is 2. The van der Waals surface area contributed by atoms with E-state index in [1.54, 1.807) is 6.92 Å². The molecule has 3 aliphatic carbocycles. The fraction of sp³-hybridized carbons (Fsp3) is 0.483. The predicted octanol–water partition coefficient (Wildman–Crippen LogP) is 3.07. The van der Waals surface area contributed by atoms with Gasteiger partial charge in [0.15, 0.2) is 11.4 Å². The smallest absolute Gasteiger partial charge is 0.255 e. The first-order chi connectivity index (χ1) is 17.3. The Balaban J connectivity index is 1.92. The van der Waals surface area contributed by atoms with Gasteiger partial charge >= 0.3 is 0 Å². The lowest BCUT2D eigenvalue weighted by Gasteiger charge is -2.47. The van der Waals surface area contributed by atoms with Crippen molar-refractivity contribution in [3.63, 3.8) is 0 Å². The van der Waals surface area contributed by atoms with E-state index in [0.29, 0.717) is 24.0 Å². The van der Waals surface area contributed by atoms with E-state index >= 15 is 0 Å². The normalized spacial score (nSPS) is 24.9. The second-order valence-corrected chi connectivity index (χ2v) is 10.9. The summed E-state index contributed by atoms with van der Waals surface area (Å²) in [5.74, 6) is -3.50. The maximum absolute atomic E-state index is 14.2. The van der Waals surface area contributed by atoms with Crippen molar-refractivity contribution >= 4 is 28.9 Å². The number of anilines is 1. The zero-order valence-electron chi connectivity index (χ0n) is 22.6. The number of aliphatic hydroxyl groups excluding tert-OH is 1. The third-order valence-corrected chi connectivity index (χ3v) is 8.50. The van der Waals surface area contributed by atoms with Crippen molar-refractivity contribution in [2.45, 2.75) is 52.1 Å². The minimum Gasteiger partial charge on any atom is -0.511 e. The summed E-state index contributed by atoms with van der Waals surface area (Å²) in [5.41, 5.74) is 8.37. The highest BCUT2D eigenvalue weighted by atomic mass is 16.3. The van der Waals surface area contributed by atoms with Crippen LogP contribution >= 0.6 is 0 Å². The molecule has 3 aliphatic rings. The molecule has 8 heteroatoms. The van der Waals surface area contributed by atoms with Crippen LogP contribution in [0.5, 0.6) is 0 Å². The second-order valence-electron chi connectivity index (χ2n) is 10.9. The largest absolute Gasteiger partial charge is 0.511 e. The Hall–Kier alpha value is -3.39. The molecule has 0 saturated carbocycles. The number of rotatable bonds is 6. The maximum atomic E-state index is 14.2. The Morgan fingerprint density at radius 2 is 1.86 bits per heavy atom. The van der Waals surface area contributed by atoms with E-state index in [1.165, 1.54) is 0 Å². The molecule has 8 nitrogen and oxygen atoms in total. The van der Waals surface area contributed by atoms with Crippen molar-refractivity contribution in [2.75, 3.05) is 32.6 Å². The summed E-state index contributed by atoms with van der Waals surface area (Å²) in [6, 6.07) is 2.09. The first kappa shape index (κ1) is 26.7. The van der Waals surface area contributed by atoms with Crippen LogP contribution in [0.15, 0.2) is 35.1 Å². The lowest BCUT2D eigenvalue weighted by molar-refractivity contribution is -0.140. The van der Waals surface area contributed by atoms with E-state index in [0.717, 1.165) is 41.0 Å². The molecule has 1 amide bonds. The molecule has 0 fully saturated rings. The monoisotopic (exact) mass is 507 g/mol. The molecule has 1 aromatic rings. The summed E-state index contributed by atoms with van der Waals surface area (Å²) >= 11 is 0. The van der Waals surface area contributed by atoms with E-state index in [4.69, 9.17) is 5.73 Å². The summed E-state index contributed by atoms with van der Waals surface area (Å²) in [7, 11) is 5.87. The highest BCUT2D eigenvalue weighted by Gasteiger charge is 2.57. The second kappa shape index (κ2) is 9.17. The lowest BCUT2D eigenvalue weighted by atomic mass is 9.58. The zero-order valence-corrected chi connectivity index (χ0v) is 22.6. The fourth-order valence-electron chi connectivity index (χ4n) is 6.58. The summed E-state index contributed by atoms with van der Waals surface area (Å²) in [6.07, 6.45) is 1.80. The number of ketones is 2. The van der Waals surface area contributed by atoms with Gasteiger partial charge in [-0.15, -0.1) is 0 Å². The molecule has 1 aromatic carbocycles. The molecule has 0 aliphatic heterocycles. The van der Waals surface area contributed by atoms with Crippen LogP contribution in [-0.2, 0) is 16.0 Å². The van der Waals surface area contributed by atoms with Crippen molar-refractivity contribution in [1.29, 1.82) is 0 Å². The molecule has 198 valence electrons. The van der Waals surface area contributed by atoms with Gasteiger partial charge in [-0.1, -0.05) is 13.5 Å². The maximum Gasteiger partial charge on any atom is 0.255 e. The van der Waals surface area contributed by atoms with Crippen molar-refractivity contribution < 1.29 is 24.6 Å². The number of Topliss-reactive ketones (excluding diaryl/α,β-unsaturated/α-hetero) is 2. The summed E-state index contributed by atoms with van der Waals surface area (Å²) in [5, 5.41) is 22.1. The van der Waals surface area contributed by atoms with Gasteiger partial charge in [-0.25, -0.2) is 0 Å². The number of hydrogen-bond acceptors (Lipinski definition) is 7. The predicted molar refractivity (Wildman–Crippen MR) is 143 cm³/mol. The highest BCUT2D eigenvalue weighted by molar-refractivity contribution is 6.24. The summed E-state index contributed by atoms with van der Waals surface area (Å²) in [4.78, 5) is 43.6. The van der Waals surface area contributed by atoms with Crippen LogP contribution in [0.4, 0.5) is 5.69 Å². The number of carbonyl (C=O) groups is 3. The number of fused-ring (bicyclic) bond motifs is 3. The van der Waals surface area contributed by atoms with Gasteiger partial charge in [0.2, 0.25) is 5.78 Å². The minimum absolute atomic E-state index is 0.0508. The first-order valence-corrected chi connectivity index (χ1v) is 12.8. The molecular weight excluding hydrogens is 470 g/mol. The van der Waals surface area contributed by atoms with Crippen molar-refractivity contribution in [3.8, 4) is 0 Å². The number of primary amides is 1. The average molecular weight is 508 g/mol. The molecule has 0 spiro atoms. The van der Waals surface area contributed by atoms with Gasteiger partial charge in [0.05, 0.1) is 0 Å². The average Bonchev–Trinajstić information content (AvgIpc) is 2.80. The molecular formula is C29H37N3O5. The molecule has 0 saturated heterocycles. The molecule has 0 heterocycles. The van der Waals surface area contributed by atoms with Crippen LogP contribution in [0.25, 0.3) is 5.70 Å². The van der Waals surface area contributed by atoms with Gasteiger partial charge < -0.3 is 25.7 Å². The molecule has 37 heavy (non-hydrogen) atoms.